The Morgan fingerprint density at radius 1 is 1.31 bits per heavy atom. The lowest BCUT2D eigenvalue weighted by molar-refractivity contribution is 0.408. The smallest absolute Gasteiger partial charge is 0.146 e. The average Bonchev–Trinajstić information content (AvgIpc) is 2.13. The van der Waals surface area contributed by atoms with Gasteiger partial charge in [0.15, 0.2) is 0 Å². The molecule has 0 heterocycles. The van der Waals surface area contributed by atoms with Gasteiger partial charge in [0.05, 0.1) is 6.61 Å². The van der Waals surface area contributed by atoms with Gasteiger partial charge in [0.2, 0.25) is 0 Å². The highest BCUT2D eigenvalue weighted by Crippen LogP contribution is 2.41. The molecule has 0 radical (unpaired) electrons. The molecule has 0 spiro atoms. The van der Waals surface area contributed by atoms with E-state index >= 15 is 0 Å². The van der Waals surface area contributed by atoms with E-state index in [9.17, 15) is 0 Å². The van der Waals surface area contributed by atoms with Crippen molar-refractivity contribution < 1.29 is 4.43 Å². The van der Waals surface area contributed by atoms with Gasteiger partial charge in [0.1, 0.15) is 10.5 Å². The predicted octanol–water partition coefficient (Wildman–Crippen LogP) is 1.54. The highest BCUT2D eigenvalue weighted by molar-refractivity contribution is 6.06. The Balaban J connectivity index is 2.43. The summed E-state index contributed by atoms with van der Waals surface area (Å²) in [6.07, 6.45) is 0. The number of benzene rings is 1. The fraction of sp³-hybridized carbons (Fsp3) is 0.273. The molecule has 0 saturated heterocycles. The first-order chi connectivity index (χ1) is 6.25. The molecule has 1 aliphatic carbocycles. The highest BCUT2D eigenvalue weighted by Gasteiger charge is 2.22. The number of rotatable bonds is 2. The summed E-state index contributed by atoms with van der Waals surface area (Å²) < 4.78 is 5.29. The summed E-state index contributed by atoms with van der Waals surface area (Å²) in [7, 11) is 0.822. The standard InChI is InChI=1S/C11H14OSi/c1-7-4-3-5-9-10(6-12-13)8(2)11(7)9/h3-5H,6H2,1-2,13H3. The molecule has 0 aromatic heterocycles. The van der Waals surface area contributed by atoms with Crippen LogP contribution in [0.1, 0.15) is 23.6 Å². The quantitative estimate of drug-likeness (QED) is 0.643. The molecule has 0 bridgehead atoms. The molecular formula is C11H14OSi. The van der Waals surface area contributed by atoms with E-state index in [-0.39, 0.29) is 0 Å². The summed E-state index contributed by atoms with van der Waals surface area (Å²) in [5, 5.41) is 0. The molecule has 13 heavy (non-hydrogen) atoms. The number of aryl methyl sites for hydroxylation is 1. The van der Waals surface area contributed by atoms with Gasteiger partial charge >= 0.3 is 0 Å². The monoisotopic (exact) mass is 190 g/mol. The first kappa shape index (κ1) is 8.72. The SMILES string of the molecule is CC1=C(CO[SiH3])c2cccc(C)c21. The summed E-state index contributed by atoms with van der Waals surface area (Å²) in [4.78, 5) is 0. The lowest BCUT2D eigenvalue weighted by Crippen LogP contribution is -2.10. The third-order valence-corrected chi connectivity index (χ3v) is 3.00. The fourth-order valence-electron chi connectivity index (χ4n) is 2.04. The minimum Gasteiger partial charge on any atom is -0.424 e. The van der Waals surface area contributed by atoms with E-state index in [0.29, 0.717) is 0 Å². The Bertz CT molecular complexity index is 380. The number of hydrogen-bond donors (Lipinski definition) is 0. The largest absolute Gasteiger partial charge is 0.424 e. The minimum absolute atomic E-state index is 0.800. The Hall–Kier alpha value is -0.863. The summed E-state index contributed by atoms with van der Waals surface area (Å²) in [5.41, 5.74) is 7.04. The summed E-state index contributed by atoms with van der Waals surface area (Å²) >= 11 is 0. The summed E-state index contributed by atoms with van der Waals surface area (Å²) in [6, 6.07) is 6.47. The van der Waals surface area contributed by atoms with Crippen LogP contribution < -0.4 is 0 Å². The minimum atomic E-state index is 0.800. The molecule has 0 atom stereocenters. The molecule has 0 fully saturated rings. The Kier molecular flexibility index (Phi) is 2.10. The molecule has 2 rings (SSSR count). The topological polar surface area (TPSA) is 9.23 Å². The van der Waals surface area contributed by atoms with Crippen molar-refractivity contribution in [3.63, 3.8) is 0 Å². The van der Waals surface area contributed by atoms with Crippen molar-refractivity contribution >= 4 is 21.6 Å². The van der Waals surface area contributed by atoms with E-state index in [1.807, 2.05) is 0 Å². The highest BCUT2D eigenvalue weighted by atomic mass is 28.2. The maximum atomic E-state index is 5.29. The lowest BCUT2D eigenvalue weighted by Gasteiger charge is -2.27. The molecule has 68 valence electrons. The van der Waals surface area contributed by atoms with E-state index in [1.54, 1.807) is 0 Å². The Morgan fingerprint density at radius 2 is 2.08 bits per heavy atom. The van der Waals surface area contributed by atoms with Crippen LogP contribution in [-0.2, 0) is 4.43 Å². The van der Waals surface area contributed by atoms with Gasteiger partial charge in [0, 0.05) is 0 Å². The van der Waals surface area contributed by atoms with Crippen LogP contribution in [0, 0.1) is 6.92 Å². The predicted molar refractivity (Wildman–Crippen MR) is 59.6 cm³/mol. The second-order valence-electron chi connectivity index (χ2n) is 3.53. The van der Waals surface area contributed by atoms with Crippen LogP contribution >= 0.6 is 0 Å². The molecule has 0 saturated carbocycles. The molecule has 0 unspecified atom stereocenters. The zero-order chi connectivity index (χ0) is 9.42. The summed E-state index contributed by atoms with van der Waals surface area (Å²) in [5.74, 6) is 0. The normalized spacial score (nSPS) is 14.3. The van der Waals surface area contributed by atoms with Gasteiger partial charge in [-0.3, -0.25) is 0 Å². The molecule has 0 N–H and O–H groups in total. The fourth-order valence-corrected chi connectivity index (χ4v) is 2.33. The van der Waals surface area contributed by atoms with Crippen LogP contribution in [0.25, 0.3) is 11.1 Å². The molecule has 0 amide bonds. The van der Waals surface area contributed by atoms with Crippen LogP contribution in [-0.4, -0.2) is 17.1 Å². The zero-order valence-electron chi connectivity index (χ0n) is 8.35. The van der Waals surface area contributed by atoms with Gasteiger partial charge in [0.25, 0.3) is 0 Å². The molecule has 1 aromatic rings. The summed E-state index contributed by atoms with van der Waals surface area (Å²) in [6.45, 7) is 5.15. The third kappa shape index (κ3) is 1.17. The van der Waals surface area contributed by atoms with Crippen LogP contribution in [0.2, 0.25) is 0 Å². The van der Waals surface area contributed by atoms with Crippen molar-refractivity contribution in [3.8, 4) is 0 Å². The van der Waals surface area contributed by atoms with Crippen molar-refractivity contribution in [2.24, 2.45) is 0 Å². The van der Waals surface area contributed by atoms with Crippen molar-refractivity contribution in [2.75, 3.05) is 6.61 Å². The van der Waals surface area contributed by atoms with Crippen LogP contribution in [0.15, 0.2) is 18.2 Å². The molecule has 1 nitrogen and oxygen atoms in total. The molecule has 0 aliphatic heterocycles. The van der Waals surface area contributed by atoms with E-state index in [0.717, 1.165) is 17.1 Å². The van der Waals surface area contributed by atoms with Gasteiger partial charge < -0.3 is 4.43 Å². The van der Waals surface area contributed by atoms with Crippen molar-refractivity contribution in [3.05, 3.63) is 34.9 Å². The van der Waals surface area contributed by atoms with Gasteiger partial charge in [-0.2, -0.15) is 0 Å². The second-order valence-corrected chi connectivity index (χ2v) is 4.11. The molecular weight excluding hydrogens is 176 g/mol. The number of allylic oxidation sites excluding steroid dienone is 1. The second kappa shape index (κ2) is 3.12. The first-order valence-corrected chi connectivity index (χ1v) is 5.36. The van der Waals surface area contributed by atoms with Crippen LogP contribution in [0.5, 0.6) is 0 Å². The average molecular weight is 190 g/mol. The van der Waals surface area contributed by atoms with E-state index in [1.165, 1.54) is 27.8 Å². The molecule has 2 heteroatoms. The molecule has 1 aromatic carbocycles. The van der Waals surface area contributed by atoms with E-state index in [4.69, 9.17) is 4.43 Å². The van der Waals surface area contributed by atoms with Crippen molar-refractivity contribution in [1.29, 1.82) is 0 Å². The van der Waals surface area contributed by atoms with Crippen LogP contribution in [0.3, 0.4) is 0 Å². The maximum Gasteiger partial charge on any atom is 0.146 e. The third-order valence-electron chi connectivity index (χ3n) is 2.71. The van der Waals surface area contributed by atoms with Crippen molar-refractivity contribution in [2.45, 2.75) is 13.8 Å². The van der Waals surface area contributed by atoms with Gasteiger partial charge in [-0.25, -0.2) is 0 Å². The van der Waals surface area contributed by atoms with E-state index < -0.39 is 0 Å². The maximum absolute atomic E-state index is 5.29. The van der Waals surface area contributed by atoms with E-state index in [2.05, 4.69) is 32.0 Å². The van der Waals surface area contributed by atoms with Gasteiger partial charge in [-0.1, -0.05) is 18.2 Å². The Morgan fingerprint density at radius 3 is 2.77 bits per heavy atom. The molecule has 1 aliphatic rings. The Labute approximate surface area is 82.0 Å². The number of hydrogen-bond acceptors (Lipinski definition) is 1. The van der Waals surface area contributed by atoms with Gasteiger partial charge in [-0.15, -0.1) is 0 Å². The van der Waals surface area contributed by atoms with Gasteiger partial charge in [-0.05, 0) is 41.7 Å². The lowest BCUT2D eigenvalue weighted by atomic mass is 9.79. The first-order valence-electron chi connectivity index (χ1n) is 4.54. The van der Waals surface area contributed by atoms with Crippen molar-refractivity contribution in [1.82, 2.24) is 0 Å². The van der Waals surface area contributed by atoms with Crippen LogP contribution in [0.4, 0.5) is 0 Å². The number of fused-ring (bicyclic) bond motifs is 1. The zero-order valence-corrected chi connectivity index (χ0v) is 10.3.